The topological polar surface area (TPSA) is 128 Å². The third kappa shape index (κ3) is 6.24. The lowest BCUT2D eigenvalue weighted by atomic mass is 10.1. The third-order valence-corrected chi connectivity index (χ3v) is 9.93. The first kappa shape index (κ1) is 33.6. The molecule has 0 saturated heterocycles. The monoisotopic (exact) mass is 709 g/mol. The molecule has 0 aromatic heterocycles. The molecule has 0 aliphatic carbocycles. The fourth-order valence-electron chi connectivity index (χ4n) is 7.38. The number of rotatable bonds is 10. The van der Waals surface area contributed by atoms with Crippen LogP contribution in [0.25, 0.3) is 0 Å². The van der Waals surface area contributed by atoms with Gasteiger partial charge < -0.3 is 34.9 Å². The highest BCUT2D eigenvalue weighted by molar-refractivity contribution is 6.15. The molecular weight excluding hydrogens is 670 g/mol. The smallest absolute Gasteiger partial charge is 0.261 e. The highest BCUT2D eigenvalue weighted by atomic mass is 16.5. The van der Waals surface area contributed by atoms with E-state index in [2.05, 4.69) is 11.4 Å². The van der Waals surface area contributed by atoms with Crippen LogP contribution in [0.5, 0.6) is 23.0 Å². The maximum absolute atomic E-state index is 13.8. The van der Waals surface area contributed by atoms with E-state index in [1.807, 2.05) is 66.9 Å². The summed E-state index contributed by atoms with van der Waals surface area (Å²) in [6.45, 7) is 0.978. The summed E-state index contributed by atoms with van der Waals surface area (Å²) in [5.41, 5.74) is 14.7. The molecule has 3 aliphatic heterocycles. The highest BCUT2D eigenvalue weighted by Gasteiger charge is 2.36. The second-order valence-corrected chi connectivity index (χ2v) is 13.2. The van der Waals surface area contributed by atoms with Crippen LogP contribution in [0.1, 0.15) is 43.0 Å². The molecule has 0 radical (unpaired) electrons. The van der Waals surface area contributed by atoms with Crippen LogP contribution in [-0.4, -0.2) is 51.9 Å². The van der Waals surface area contributed by atoms with E-state index in [-0.39, 0.29) is 31.1 Å². The molecule has 268 valence electrons. The third-order valence-electron chi connectivity index (χ3n) is 9.93. The molecule has 11 nitrogen and oxygen atoms in total. The molecule has 5 aromatic carbocycles. The van der Waals surface area contributed by atoms with Crippen molar-refractivity contribution in [3.05, 3.63) is 124 Å². The molecule has 0 fully saturated rings. The van der Waals surface area contributed by atoms with Gasteiger partial charge in [-0.15, -0.1) is 0 Å². The Hall–Kier alpha value is -6.49. The number of nitrogens with one attached hydrogen (secondary N) is 1. The number of carbonyl (C=O) groups excluding carboxylic acids is 2. The van der Waals surface area contributed by atoms with Gasteiger partial charge in [0, 0.05) is 55.4 Å². The Labute approximate surface area is 307 Å². The number of fused-ring (bicyclic) bond motifs is 5. The zero-order valence-corrected chi connectivity index (χ0v) is 29.7. The number of amides is 2. The van der Waals surface area contributed by atoms with Crippen molar-refractivity contribution in [3.63, 3.8) is 0 Å². The Morgan fingerprint density at radius 3 is 2.21 bits per heavy atom. The van der Waals surface area contributed by atoms with Gasteiger partial charge in [-0.05, 0) is 71.1 Å². The summed E-state index contributed by atoms with van der Waals surface area (Å²) < 4.78 is 23.9. The van der Waals surface area contributed by atoms with Crippen molar-refractivity contribution in [2.45, 2.75) is 32.1 Å². The molecule has 1 unspecified atom stereocenters. The lowest BCUT2D eigenvalue weighted by Crippen LogP contribution is -2.37. The van der Waals surface area contributed by atoms with Gasteiger partial charge in [-0.25, -0.2) is 0 Å². The molecule has 1 atom stereocenters. The number of methoxy groups -OCH3 is 2. The van der Waals surface area contributed by atoms with Crippen LogP contribution in [-0.2, 0) is 26.1 Å². The van der Waals surface area contributed by atoms with E-state index in [9.17, 15) is 9.59 Å². The predicted molar refractivity (Wildman–Crippen MR) is 206 cm³/mol. The number of benzene rings is 5. The predicted octanol–water partition coefficient (Wildman–Crippen LogP) is 6.98. The average molecular weight is 710 g/mol. The fourth-order valence-corrected chi connectivity index (χ4v) is 7.38. The van der Waals surface area contributed by atoms with Gasteiger partial charge in [-0.1, -0.05) is 36.4 Å². The van der Waals surface area contributed by atoms with E-state index in [1.54, 1.807) is 55.3 Å². The van der Waals surface area contributed by atoms with Gasteiger partial charge in [0.2, 0.25) is 0 Å². The molecule has 0 bridgehead atoms. The van der Waals surface area contributed by atoms with Gasteiger partial charge >= 0.3 is 0 Å². The lowest BCUT2D eigenvalue weighted by Gasteiger charge is -2.22. The molecule has 11 heteroatoms. The number of anilines is 4. The van der Waals surface area contributed by atoms with Gasteiger partial charge in [0.1, 0.15) is 13.2 Å². The second-order valence-electron chi connectivity index (χ2n) is 13.2. The minimum Gasteiger partial charge on any atom is -0.493 e. The van der Waals surface area contributed by atoms with Crippen LogP contribution >= 0.6 is 0 Å². The van der Waals surface area contributed by atoms with Crippen molar-refractivity contribution in [3.8, 4) is 23.0 Å². The zero-order valence-electron chi connectivity index (χ0n) is 29.7. The molecule has 5 aromatic rings. The van der Waals surface area contributed by atoms with Crippen LogP contribution in [0.15, 0.2) is 96.0 Å². The number of aliphatic imine (C=N–C) groups is 1. The first-order chi connectivity index (χ1) is 25.8. The highest BCUT2D eigenvalue weighted by Crippen LogP contribution is 2.42. The van der Waals surface area contributed by atoms with Crippen LogP contribution in [0.4, 0.5) is 28.4 Å². The summed E-state index contributed by atoms with van der Waals surface area (Å²) in [6, 6.07) is 28.3. The Morgan fingerprint density at radius 2 is 1.49 bits per heavy atom. The molecule has 0 spiro atoms. The number of para-hydroxylation sites is 2. The van der Waals surface area contributed by atoms with Gasteiger partial charge in [0.05, 0.1) is 42.8 Å². The quantitative estimate of drug-likeness (QED) is 0.149. The minimum absolute atomic E-state index is 0.111. The number of hydrogen-bond acceptors (Lipinski definition) is 9. The van der Waals surface area contributed by atoms with Gasteiger partial charge in [-0.3, -0.25) is 19.5 Å². The van der Waals surface area contributed by atoms with E-state index in [0.29, 0.717) is 64.2 Å². The maximum atomic E-state index is 13.8. The summed E-state index contributed by atoms with van der Waals surface area (Å²) in [6.07, 6.45) is 3.36. The van der Waals surface area contributed by atoms with E-state index < -0.39 is 0 Å². The first-order valence-electron chi connectivity index (χ1n) is 17.5. The number of carbonyl (C=O) groups is 2. The number of nitrogen functional groups attached to an aromatic ring is 1. The van der Waals surface area contributed by atoms with Gasteiger partial charge in [-0.2, -0.15) is 0 Å². The summed E-state index contributed by atoms with van der Waals surface area (Å²) in [5.74, 6) is 1.55. The molecule has 2 amide bonds. The summed E-state index contributed by atoms with van der Waals surface area (Å²) in [7, 11) is 4.87. The standard InChI is InChI=1S/C42H39N5O6/c1-44-33-20-39(37(50-2)18-31(33)41(48)46-13-12-27-8-4-6-10-35(27)46)52-23-25-14-26(16-29(43)15-25)24-53-40-21-34-32(19-38(40)51-3)42(49)47-30(22-45-34)17-28-9-5-7-11-36(28)47/h4-11,14-16,18-22,30,44H,12-13,17,23-24,43H2,1-3H3. The maximum Gasteiger partial charge on any atom is 0.261 e. The van der Waals surface area contributed by atoms with Crippen molar-refractivity contribution < 1.29 is 28.5 Å². The first-order valence-corrected chi connectivity index (χ1v) is 17.5. The number of nitrogens with two attached hydrogens (primary N) is 1. The van der Waals surface area contributed by atoms with Crippen molar-refractivity contribution in [2.24, 2.45) is 4.99 Å². The Morgan fingerprint density at radius 1 is 0.830 bits per heavy atom. The summed E-state index contributed by atoms with van der Waals surface area (Å²) in [5, 5.41) is 3.15. The Bertz CT molecular complexity index is 2290. The molecule has 8 rings (SSSR count). The molecule has 3 heterocycles. The van der Waals surface area contributed by atoms with E-state index >= 15 is 0 Å². The second kappa shape index (κ2) is 13.9. The molecular formula is C42H39N5O6. The van der Waals surface area contributed by atoms with Crippen molar-refractivity contribution in [1.29, 1.82) is 0 Å². The number of ether oxygens (including phenoxy) is 4. The van der Waals surface area contributed by atoms with Crippen LogP contribution in [0, 0.1) is 0 Å². The van der Waals surface area contributed by atoms with E-state index in [4.69, 9.17) is 29.7 Å². The molecule has 3 aliphatic rings. The zero-order chi connectivity index (χ0) is 36.6. The van der Waals surface area contributed by atoms with Crippen LogP contribution < -0.4 is 39.8 Å². The van der Waals surface area contributed by atoms with Crippen molar-refractivity contribution >= 4 is 46.5 Å². The fraction of sp³-hybridized carbons (Fsp3) is 0.214. The Balaban J connectivity index is 0.984. The Kier molecular flexibility index (Phi) is 8.83. The molecule has 3 N–H and O–H groups in total. The van der Waals surface area contributed by atoms with Gasteiger partial charge in [0.25, 0.3) is 11.8 Å². The number of nitrogens with zero attached hydrogens (tertiary/aromatic N) is 3. The van der Waals surface area contributed by atoms with E-state index in [1.165, 1.54) is 0 Å². The SMILES string of the molecule is CNc1cc(OCc2cc(N)cc(COc3cc4c(cc3OC)C(=O)N3c5ccccc5CC3C=N4)c2)c(OC)cc1C(=O)N1CCc2ccccc21. The summed E-state index contributed by atoms with van der Waals surface area (Å²) >= 11 is 0. The van der Waals surface area contributed by atoms with Crippen LogP contribution in [0.3, 0.4) is 0 Å². The van der Waals surface area contributed by atoms with Crippen LogP contribution in [0.2, 0.25) is 0 Å². The van der Waals surface area contributed by atoms with Crippen molar-refractivity contribution in [2.75, 3.05) is 48.7 Å². The normalized spacial score (nSPS) is 15.2. The molecule has 53 heavy (non-hydrogen) atoms. The van der Waals surface area contributed by atoms with E-state index in [0.717, 1.165) is 40.0 Å². The molecule has 0 saturated carbocycles. The lowest BCUT2D eigenvalue weighted by molar-refractivity contribution is 0.0980. The van der Waals surface area contributed by atoms with Crippen molar-refractivity contribution in [1.82, 2.24) is 0 Å². The summed E-state index contributed by atoms with van der Waals surface area (Å²) in [4.78, 5) is 35.9. The average Bonchev–Trinajstić information content (AvgIpc) is 3.75. The van der Waals surface area contributed by atoms with Gasteiger partial charge in [0.15, 0.2) is 23.0 Å². The number of hydrogen-bond donors (Lipinski definition) is 2. The minimum atomic E-state index is -0.158. The largest absolute Gasteiger partial charge is 0.493 e.